The number of hydrogen-bond acceptors (Lipinski definition) is 2. The fraction of sp³-hybridized carbons (Fsp3) is 0.455. The van der Waals surface area contributed by atoms with Gasteiger partial charge in [0, 0.05) is 12.1 Å². The van der Waals surface area contributed by atoms with Gasteiger partial charge in [-0.25, -0.2) is 0 Å². The minimum absolute atomic E-state index is 0.0176. The summed E-state index contributed by atoms with van der Waals surface area (Å²) in [6.07, 6.45) is 3.85. The lowest BCUT2D eigenvalue weighted by Crippen LogP contribution is -2.16. The first-order chi connectivity index (χ1) is 7.42. The van der Waals surface area contributed by atoms with Gasteiger partial charge in [-0.1, -0.05) is 37.0 Å². The van der Waals surface area contributed by atoms with Gasteiger partial charge in [-0.05, 0) is 11.8 Å². The van der Waals surface area contributed by atoms with E-state index in [9.17, 15) is 4.79 Å². The van der Waals surface area contributed by atoms with Crippen LogP contribution < -0.4 is 5.32 Å². The van der Waals surface area contributed by atoms with Crippen molar-refractivity contribution in [2.75, 3.05) is 5.32 Å². The Bertz CT molecular complexity index is 446. The van der Waals surface area contributed by atoms with Gasteiger partial charge in [-0.15, -0.1) is 0 Å². The molecule has 0 aliphatic heterocycles. The number of nitrogens with zero attached hydrogens (tertiary/aromatic N) is 1. The van der Waals surface area contributed by atoms with Crippen LogP contribution in [0.2, 0.25) is 10.0 Å². The van der Waals surface area contributed by atoms with Gasteiger partial charge in [0.25, 0.3) is 0 Å². The number of nitrogens with one attached hydrogen (secondary N) is 1. The second kappa shape index (κ2) is 3.90. The summed E-state index contributed by atoms with van der Waals surface area (Å²) >= 11 is 11.7. The van der Waals surface area contributed by atoms with Crippen LogP contribution in [-0.4, -0.2) is 10.9 Å². The average molecular weight is 259 g/mol. The zero-order valence-corrected chi connectivity index (χ0v) is 10.6. The summed E-state index contributed by atoms with van der Waals surface area (Å²) in [4.78, 5) is 15.7. The quantitative estimate of drug-likeness (QED) is 0.884. The van der Waals surface area contributed by atoms with Gasteiger partial charge in [0.05, 0.1) is 21.9 Å². The zero-order chi connectivity index (χ0) is 11.9. The lowest BCUT2D eigenvalue weighted by molar-refractivity contribution is -0.118. The molecule has 16 heavy (non-hydrogen) atoms. The number of hydrogen-bond donors (Lipinski definition) is 1. The Labute approximate surface area is 104 Å². The van der Waals surface area contributed by atoms with E-state index in [1.807, 2.05) is 0 Å². The van der Waals surface area contributed by atoms with Gasteiger partial charge < -0.3 is 5.32 Å². The Morgan fingerprint density at radius 3 is 2.69 bits per heavy atom. The van der Waals surface area contributed by atoms with Crippen molar-refractivity contribution in [3.8, 4) is 0 Å². The maximum Gasteiger partial charge on any atom is 0.228 e. The van der Waals surface area contributed by atoms with E-state index in [0.29, 0.717) is 15.7 Å². The smallest absolute Gasteiger partial charge is 0.228 e. The fourth-order valence-corrected chi connectivity index (χ4v) is 1.94. The summed E-state index contributed by atoms with van der Waals surface area (Å²) in [6.45, 7) is 4.13. The van der Waals surface area contributed by atoms with Crippen molar-refractivity contribution in [3.05, 3.63) is 22.4 Å². The molecule has 1 heterocycles. The van der Waals surface area contributed by atoms with E-state index in [1.54, 1.807) is 0 Å². The van der Waals surface area contributed by atoms with E-state index in [1.165, 1.54) is 12.4 Å². The predicted octanol–water partition coefficient (Wildman–Crippen LogP) is 3.37. The molecule has 2 rings (SSSR count). The number of aromatic nitrogens is 1. The molecule has 5 heteroatoms. The molecule has 1 aromatic heterocycles. The minimum atomic E-state index is -0.0176. The third-order valence-electron chi connectivity index (χ3n) is 2.93. The summed E-state index contributed by atoms with van der Waals surface area (Å²) in [7, 11) is 0. The molecule has 1 aliphatic rings. The molecule has 3 nitrogen and oxygen atoms in total. The van der Waals surface area contributed by atoms with E-state index >= 15 is 0 Å². The zero-order valence-electron chi connectivity index (χ0n) is 9.05. The highest BCUT2D eigenvalue weighted by Crippen LogP contribution is 2.52. The maximum atomic E-state index is 11.8. The van der Waals surface area contributed by atoms with Crippen LogP contribution in [0.5, 0.6) is 0 Å². The molecule has 0 radical (unpaired) electrons. The molecule has 1 amide bonds. The standard InChI is InChI=1S/C11H12Cl2N2O/c1-11(2)3-6(11)10(16)15-8-5-14-4-7(12)9(8)13/h4-6H,3H2,1-2H3,(H,15,16)/t6-/m1/s1. The van der Waals surface area contributed by atoms with Crippen LogP contribution >= 0.6 is 23.2 Å². The summed E-state index contributed by atoms with van der Waals surface area (Å²) in [5, 5.41) is 3.43. The summed E-state index contributed by atoms with van der Waals surface area (Å²) in [5.41, 5.74) is 0.574. The molecule has 0 unspecified atom stereocenters. The summed E-state index contributed by atoms with van der Waals surface area (Å²) in [6, 6.07) is 0. The molecule has 1 aromatic rings. The molecule has 1 fully saturated rings. The Hall–Kier alpha value is -0.800. The van der Waals surface area contributed by atoms with Crippen LogP contribution in [0.4, 0.5) is 5.69 Å². The van der Waals surface area contributed by atoms with Crippen LogP contribution in [0, 0.1) is 11.3 Å². The van der Waals surface area contributed by atoms with Crippen molar-refractivity contribution < 1.29 is 4.79 Å². The van der Waals surface area contributed by atoms with Gasteiger partial charge in [0.15, 0.2) is 0 Å². The molecule has 0 aromatic carbocycles. The SMILES string of the molecule is CC1(C)C[C@@H]1C(=O)Nc1cncc(Cl)c1Cl. The fourth-order valence-electron chi connectivity index (χ4n) is 1.64. The van der Waals surface area contributed by atoms with Crippen molar-refractivity contribution in [1.82, 2.24) is 4.98 Å². The highest BCUT2D eigenvalue weighted by molar-refractivity contribution is 6.43. The number of carbonyl (C=O) groups excluding carboxylic acids is 1. The second-order valence-electron chi connectivity index (χ2n) is 4.72. The summed E-state index contributed by atoms with van der Waals surface area (Å²) < 4.78 is 0. The molecule has 0 bridgehead atoms. The normalized spacial score (nSPS) is 21.6. The first-order valence-electron chi connectivity index (χ1n) is 5.01. The van der Waals surface area contributed by atoms with Gasteiger partial charge in [0.1, 0.15) is 0 Å². The largest absolute Gasteiger partial charge is 0.323 e. The molecule has 0 saturated heterocycles. The number of anilines is 1. The molecule has 1 atom stereocenters. The Morgan fingerprint density at radius 1 is 1.50 bits per heavy atom. The van der Waals surface area contributed by atoms with Gasteiger partial charge in [-0.2, -0.15) is 0 Å². The van der Waals surface area contributed by atoms with Gasteiger partial charge >= 0.3 is 0 Å². The topological polar surface area (TPSA) is 42.0 Å². The van der Waals surface area contributed by atoms with Crippen molar-refractivity contribution in [2.45, 2.75) is 20.3 Å². The Morgan fingerprint density at radius 2 is 2.12 bits per heavy atom. The van der Waals surface area contributed by atoms with Crippen molar-refractivity contribution in [3.63, 3.8) is 0 Å². The van der Waals surface area contributed by atoms with Gasteiger partial charge in [0.2, 0.25) is 5.91 Å². The second-order valence-corrected chi connectivity index (χ2v) is 5.50. The highest BCUT2D eigenvalue weighted by atomic mass is 35.5. The Kier molecular flexibility index (Phi) is 2.84. The monoisotopic (exact) mass is 258 g/mol. The molecule has 0 spiro atoms. The molecule has 1 N–H and O–H groups in total. The van der Waals surface area contributed by atoms with Crippen LogP contribution in [0.3, 0.4) is 0 Å². The van der Waals surface area contributed by atoms with Crippen molar-refractivity contribution >= 4 is 34.8 Å². The third kappa shape index (κ3) is 2.15. The van der Waals surface area contributed by atoms with Crippen LogP contribution in [0.15, 0.2) is 12.4 Å². The van der Waals surface area contributed by atoms with E-state index in [0.717, 1.165) is 6.42 Å². The van der Waals surface area contributed by atoms with E-state index < -0.39 is 0 Å². The maximum absolute atomic E-state index is 11.8. The molecule has 1 saturated carbocycles. The highest BCUT2D eigenvalue weighted by Gasteiger charge is 2.50. The van der Waals surface area contributed by atoms with Crippen LogP contribution in [0.25, 0.3) is 0 Å². The number of rotatable bonds is 2. The average Bonchev–Trinajstić information content (AvgIpc) is 2.83. The molecule has 86 valence electrons. The van der Waals surface area contributed by atoms with Crippen molar-refractivity contribution in [2.24, 2.45) is 11.3 Å². The third-order valence-corrected chi connectivity index (χ3v) is 3.72. The van der Waals surface area contributed by atoms with E-state index in [2.05, 4.69) is 24.1 Å². The first-order valence-corrected chi connectivity index (χ1v) is 5.77. The number of amides is 1. The molecule has 1 aliphatic carbocycles. The van der Waals surface area contributed by atoms with E-state index in [-0.39, 0.29) is 17.2 Å². The molecular formula is C11H12Cl2N2O. The first kappa shape index (κ1) is 11.7. The lowest BCUT2D eigenvalue weighted by atomic mass is 10.1. The lowest BCUT2D eigenvalue weighted by Gasteiger charge is -2.08. The number of halogens is 2. The Balaban J connectivity index is 2.10. The van der Waals surface area contributed by atoms with Crippen LogP contribution in [-0.2, 0) is 4.79 Å². The molecular weight excluding hydrogens is 247 g/mol. The van der Waals surface area contributed by atoms with Crippen LogP contribution in [0.1, 0.15) is 20.3 Å². The van der Waals surface area contributed by atoms with Crippen molar-refractivity contribution in [1.29, 1.82) is 0 Å². The predicted molar refractivity (Wildman–Crippen MR) is 64.8 cm³/mol. The summed E-state index contributed by atoms with van der Waals surface area (Å²) in [5.74, 6) is 0.0403. The van der Waals surface area contributed by atoms with Gasteiger partial charge in [-0.3, -0.25) is 9.78 Å². The minimum Gasteiger partial charge on any atom is -0.323 e. The number of pyridine rings is 1. The van der Waals surface area contributed by atoms with E-state index in [4.69, 9.17) is 23.2 Å². The number of carbonyl (C=O) groups is 1.